The number of aliphatic hydroxyl groups is 1. The van der Waals surface area contributed by atoms with Crippen LogP contribution in [0.2, 0.25) is 0 Å². The zero-order valence-corrected chi connectivity index (χ0v) is 9.93. The van der Waals surface area contributed by atoms with Crippen molar-refractivity contribution in [2.45, 2.75) is 52.1 Å². The van der Waals surface area contributed by atoms with Gasteiger partial charge < -0.3 is 5.11 Å². The van der Waals surface area contributed by atoms with E-state index in [4.69, 9.17) is 0 Å². The molecule has 0 unspecified atom stereocenters. The number of benzene rings is 1. The van der Waals surface area contributed by atoms with E-state index in [-0.39, 0.29) is 5.60 Å². The van der Waals surface area contributed by atoms with Crippen LogP contribution in [0, 0.1) is 20.8 Å². The Hall–Kier alpha value is -0.820. The highest BCUT2D eigenvalue weighted by Crippen LogP contribution is 2.39. The molecule has 0 amide bonds. The lowest BCUT2D eigenvalue weighted by Gasteiger charge is -2.12. The first-order chi connectivity index (χ1) is 7.00. The number of rotatable bonds is 3. The summed E-state index contributed by atoms with van der Waals surface area (Å²) in [6.45, 7) is 6.48. The van der Waals surface area contributed by atoms with Gasteiger partial charge >= 0.3 is 0 Å². The molecular formula is C14H20O. The Balaban J connectivity index is 2.10. The fourth-order valence-electron chi connectivity index (χ4n) is 2.05. The van der Waals surface area contributed by atoms with Gasteiger partial charge in [0.2, 0.25) is 0 Å². The Morgan fingerprint density at radius 2 is 1.67 bits per heavy atom. The van der Waals surface area contributed by atoms with Crippen LogP contribution in [0.4, 0.5) is 0 Å². The van der Waals surface area contributed by atoms with Gasteiger partial charge in [0.25, 0.3) is 0 Å². The fourth-order valence-corrected chi connectivity index (χ4v) is 2.05. The Bertz CT molecular complexity index is 375. The first-order valence-electron chi connectivity index (χ1n) is 5.79. The highest BCUT2D eigenvalue weighted by Gasteiger charge is 2.39. The molecule has 2 rings (SSSR count). The molecule has 1 heteroatoms. The summed E-state index contributed by atoms with van der Waals surface area (Å²) in [5.74, 6) is 0. The predicted octanol–water partition coefficient (Wildman–Crippen LogP) is 3.07. The Morgan fingerprint density at radius 1 is 1.07 bits per heavy atom. The second kappa shape index (κ2) is 3.64. The van der Waals surface area contributed by atoms with Crippen LogP contribution in [-0.2, 0) is 6.42 Å². The Morgan fingerprint density at radius 3 is 2.27 bits per heavy atom. The molecule has 0 radical (unpaired) electrons. The van der Waals surface area contributed by atoms with E-state index in [1.807, 2.05) is 0 Å². The molecule has 0 aromatic heterocycles. The van der Waals surface area contributed by atoms with Gasteiger partial charge in [0.05, 0.1) is 5.60 Å². The standard InChI is InChI=1S/C14H20O/c1-10-8-12(3)13(9-11(10)2)4-5-14(15)6-7-14/h8-9,15H,4-7H2,1-3H3. The lowest BCUT2D eigenvalue weighted by Crippen LogP contribution is -2.08. The average molecular weight is 204 g/mol. The summed E-state index contributed by atoms with van der Waals surface area (Å²) in [7, 11) is 0. The van der Waals surface area contributed by atoms with Crippen molar-refractivity contribution >= 4 is 0 Å². The van der Waals surface area contributed by atoms with E-state index >= 15 is 0 Å². The normalized spacial score (nSPS) is 17.9. The van der Waals surface area contributed by atoms with Gasteiger partial charge in [0.15, 0.2) is 0 Å². The van der Waals surface area contributed by atoms with E-state index in [0.29, 0.717) is 0 Å². The minimum atomic E-state index is -0.314. The van der Waals surface area contributed by atoms with Crippen LogP contribution in [0.25, 0.3) is 0 Å². The Kier molecular flexibility index (Phi) is 2.59. The van der Waals surface area contributed by atoms with Crippen molar-refractivity contribution < 1.29 is 5.11 Å². The monoisotopic (exact) mass is 204 g/mol. The van der Waals surface area contributed by atoms with Crippen molar-refractivity contribution in [3.05, 3.63) is 34.4 Å². The minimum Gasteiger partial charge on any atom is -0.390 e. The zero-order chi connectivity index (χ0) is 11.1. The molecule has 0 bridgehead atoms. The van der Waals surface area contributed by atoms with Crippen LogP contribution >= 0.6 is 0 Å². The molecule has 0 aliphatic heterocycles. The molecule has 1 aliphatic carbocycles. The highest BCUT2D eigenvalue weighted by atomic mass is 16.3. The minimum absolute atomic E-state index is 0.314. The van der Waals surface area contributed by atoms with E-state index in [2.05, 4.69) is 32.9 Å². The van der Waals surface area contributed by atoms with Crippen molar-refractivity contribution in [2.75, 3.05) is 0 Å². The maximum atomic E-state index is 9.80. The molecule has 1 fully saturated rings. The van der Waals surface area contributed by atoms with Gasteiger partial charge in [-0.3, -0.25) is 0 Å². The lowest BCUT2D eigenvalue weighted by atomic mass is 9.96. The molecule has 1 aromatic carbocycles. The van der Waals surface area contributed by atoms with Crippen molar-refractivity contribution in [2.24, 2.45) is 0 Å². The molecule has 1 nitrogen and oxygen atoms in total. The molecule has 1 N–H and O–H groups in total. The van der Waals surface area contributed by atoms with Crippen molar-refractivity contribution in [1.29, 1.82) is 0 Å². The molecule has 1 aliphatic rings. The number of aryl methyl sites for hydroxylation is 4. The second-order valence-electron chi connectivity index (χ2n) is 5.09. The van der Waals surface area contributed by atoms with Crippen LogP contribution in [0.15, 0.2) is 12.1 Å². The van der Waals surface area contributed by atoms with E-state index in [0.717, 1.165) is 25.7 Å². The third-order valence-electron chi connectivity index (χ3n) is 3.64. The van der Waals surface area contributed by atoms with Crippen LogP contribution in [-0.4, -0.2) is 10.7 Å². The van der Waals surface area contributed by atoms with Gasteiger partial charge in [0, 0.05) is 0 Å². The van der Waals surface area contributed by atoms with Gasteiger partial charge in [-0.2, -0.15) is 0 Å². The van der Waals surface area contributed by atoms with Crippen molar-refractivity contribution in [3.8, 4) is 0 Å². The maximum Gasteiger partial charge on any atom is 0.0653 e. The van der Waals surface area contributed by atoms with Gasteiger partial charge in [-0.25, -0.2) is 0 Å². The number of hydrogen-bond acceptors (Lipinski definition) is 1. The molecule has 82 valence electrons. The fraction of sp³-hybridized carbons (Fsp3) is 0.571. The first kappa shape index (κ1) is 10.7. The highest BCUT2D eigenvalue weighted by molar-refractivity contribution is 5.36. The molecule has 0 saturated heterocycles. The maximum absolute atomic E-state index is 9.80. The van der Waals surface area contributed by atoms with E-state index in [1.54, 1.807) is 0 Å². The van der Waals surface area contributed by atoms with Crippen molar-refractivity contribution in [1.82, 2.24) is 0 Å². The molecule has 0 atom stereocenters. The van der Waals surface area contributed by atoms with Crippen molar-refractivity contribution in [3.63, 3.8) is 0 Å². The molecule has 0 spiro atoms. The van der Waals surface area contributed by atoms with Crippen LogP contribution in [0.5, 0.6) is 0 Å². The van der Waals surface area contributed by atoms with Gasteiger partial charge in [-0.15, -0.1) is 0 Å². The smallest absolute Gasteiger partial charge is 0.0653 e. The van der Waals surface area contributed by atoms with Crippen LogP contribution in [0.3, 0.4) is 0 Å². The lowest BCUT2D eigenvalue weighted by molar-refractivity contribution is 0.140. The van der Waals surface area contributed by atoms with E-state index < -0.39 is 0 Å². The van der Waals surface area contributed by atoms with Gasteiger partial charge in [-0.05, 0) is 68.7 Å². The summed E-state index contributed by atoms with van der Waals surface area (Å²) in [5, 5.41) is 9.80. The largest absolute Gasteiger partial charge is 0.390 e. The number of hydrogen-bond donors (Lipinski definition) is 1. The van der Waals surface area contributed by atoms with Gasteiger partial charge in [-0.1, -0.05) is 12.1 Å². The third kappa shape index (κ3) is 2.40. The summed E-state index contributed by atoms with van der Waals surface area (Å²) >= 11 is 0. The van der Waals surface area contributed by atoms with Crippen LogP contribution in [0.1, 0.15) is 41.5 Å². The summed E-state index contributed by atoms with van der Waals surface area (Å²) in [4.78, 5) is 0. The quantitative estimate of drug-likeness (QED) is 0.802. The SMILES string of the molecule is Cc1cc(C)c(CCC2(O)CC2)cc1C. The second-order valence-corrected chi connectivity index (χ2v) is 5.09. The summed E-state index contributed by atoms with van der Waals surface area (Å²) < 4.78 is 0. The Labute approximate surface area is 92.1 Å². The summed E-state index contributed by atoms with van der Waals surface area (Å²) in [6, 6.07) is 4.53. The zero-order valence-electron chi connectivity index (χ0n) is 9.93. The summed E-state index contributed by atoms with van der Waals surface area (Å²) in [5.41, 5.74) is 5.17. The molecule has 15 heavy (non-hydrogen) atoms. The molecular weight excluding hydrogens is 184 g/mol. The van der Waals surface area contributed by atoms with Crippen LogP contribution < -0.4 is 0 Å². The predicted molar refractivity (Wildman–Crippen MR) is 63.2 cm³/mol. The molecule has 1 saturated carbocycles. The first-order valence-corrected chi connectivity index (χ1v) is 5.79. The van der Waals surface area contributed by atoms with E-state index in [9.17, 15) is 5.11 Å². The van der Waals surface area contributed by atoms with Gasteiger partial charge in [0.1, 0.15) is 0 Å². The average Bonchev–Trinajstić information content (AvgIpc) is 2.89. The third-order valence-corrected chi connectivity index (χ3v) is 3.64. The topological polar surface area (TPSA) is 20.2 Å². The molecule has 1 aromatic rings. The summed E-state index contributed by atoms with van der Waals surface area (Å²) in [6.07, 6.45) is 3.94. The van der Waals surface area contributed by atoms with E-state index in [1.165, 1.54) is 22.3 Å². The molecule has 0 heterocycles.